The third kappa shape index (κ3) is 3.73. The number of nitrogens with one attached hydrogen (secondary N) is 1. The van der Waals surface area contributed by atoms with Crippen LogP contribution >= 0.6 is 0 Å². The Morgan fingerprint density at radius 1 is 1.15 bits per heavy atom. The Morgan fingerprint density at radius 3 is 2.80 bits per heavy atom. The van der Waals surface area contributed by atoms with E-state index in [2.05, 4.69) is 40.0 Å². The molecule has 0 spiro atoms. The number of para-hydroxylation sites is 2. The van der Waals surface area contributed by atoms with Gasteiger partial charge < -0.3 is 15.0 Å². The van der Waals surface area contributed by atoms with Crippen LogP contribution in [-0.4, -0.2) is 27.8 Å². The average Bonchev–Trinajstić information content (AvgIpc) is 2.82. The number of aliphatic hydroxyl groups excluding tert-OH is 1. The molecule has 0 radical (unpaired) electrons. The van der Waals surface area contributed by atoms with Crippen LogP contribution in [0.1, 0.15) is 39.0 Å². The number of nitrogens with zero attached hydrogens (tertiary/aromatic N) is 2. The van der Waals surface area contributed by atoms with Crippen LogP contribution in [0.15, 0.2) is 24.3 Å². The molecule has 2 aromatic rings. The second-order valence-corrected chi connectivity index (χ2v) is 5.14. The molecule has 2 N–H and O–H groups in total. The van der Waals surface area contributed by atoms with Crippen LogP contribution in [0.3, 0.4) is 0 Å². The SMILES string of the molecule is CCCCCCn1c(NCCCO)nc2ccccc21. The first-order chi connectivity index (χ1) is 9.86. The first-order valence-electron chi connectivity index (χ1n) is 7.66. The highest BCUT2D eigenvalue weighted by atomic mass is 16.3. The van der Waals surface area contributed by atoms with Crippen molar-refractivity contribution in [3.05, 3.63) is 24.3 Å². The number of aryl methyl sites for hydroxylation is 1. The lowest BCUT2D eigenvalue weighted by Crippen LogP contribution is -2.10. The predicted octanol–water partition coefficient (Wildman–Crippen LogP) is 3.41. The Morgan fingerprint density at radius 2 is 2.00 bits per heavy atom. The van der Waals surface area contributed by atoms with Crippen LogP contribution in [0.25, 0.3) is 11.0 Å². The highest BCUT2D eigenvalue weighted by molar-refractivity contribution is 5.78. The number of hydrogen-bond donors (Lipinski definition) is 2. The molecule has 1 heterocycles. The predicted molar refractivity (Wildman–Crippen MR) is 84.1 cm³/mol. The molecular formula is C16H25N3O. The van der Waals surface area contributed by atoms with Crippen molar-refractivity contribution in [2.45, 2.75) is 45.6 Å². The molecule has 0 aliphatic heterocycles. The standard InChI is InChI=1S/C16H25N3O/c1-2-3-4-7-12-19-15-10-6-5-9-14(15)18-16(19)17-11-8-13-20/h5-6,9-10,20H,2-4,7-8,11-13H2,1H3,(H,17,18). The maximum atomic E-state index is 8.89. The van der Waals surface area contributed by atoms with Gasteiger partial charge in [-0.1, -0.05) is 38.3 Å². The summed E-state index contributed by atoms with van der Waals surface area (Å²) in [6.07, 6.45) is 5.74. The summed E-state index contributed by atoms with van der Waals surface area (Å²) >= 11 is 0. The first-order valence-corrected chi connectivity index (χ1v) is 7.66. The lowest BCUT2D eigenvalue weighted by molar-refractivity contribution is 0.292. The van der Waals surface area contributed by atoms with Crippen molar-refractivity contribution in [3.8, 4) is 0 Å². The largest absolute Gasteiger partial charge is 0.396 e. The van der Waals surface area contributed by atoms with Crippen LogP contribution in [-0.2, 0) is 6.54 Å². The number of imidazole rings is 1. The van der Waals surface area contributed by atoms with E-state index in [1.807, 2.05) is 6.07 Å². The number of fused-ring (bicyclic) bond motifs is 1. The van der Waals surface area contributed by atoms with Gasteiger partial charge in [-0.2, -0.15) is 0 Å². The maximum absolute atomic E-state index is 8.89. The van der Waals surface area contributed by atoms with Gasteiger partial charge in [0.1, 0.15) is 0 Å². The third-order valence-corrected chi connectivity index (χ3v) is 3.51. The first kappa shape index (κ1) is 14.9. The molecule has 110 valence electrons. The third-order valence-electron chi connectivity index (χ3n) is 3.51. The Bertz CT molecular complexity index is 521. The van der Waals surface area contributed by atoms with E-state index in [9.17, 15) is 0 Å². The summed E-state index contributed by atoms with van der Waals surface area (Å²) in [7, 11) is 0. The molecule has 0 bridgehead atoms. The van der Waals surface area contributed by atoms with Gasteiger partial charge in [0.05, 0.1) is 11.0 Å². The molecule has 1 aromatic heterocycles. The maximum Gasteiger partial charge on any atom is 0.203 e. The van der Waals surface area contributed by atoms with E-state index in [1.165, 1.54) is 31.2 Å². The number of anilines is 1. The van der Waals surface area contributed by atoms with Crippen molar-refractivity contribution < 1.29 is 5.11 Å². The highest BCUT2D eigenvalue weighted by Gasteiger charge is 2.09. The average molecular weight is 275 g/mol. The van der Waals surface area contributed by atoms with E-state index in [-0.39, 0.29) is 6.61 Å². The van der Waals surface area contributed by atoms with E-state index >= 15 is 0 Å². The number of rotatable bonds is 9. The van der Waals surface area contributed by atoms with Gasteiger partial charge in [0.25, 0.3) is 0 Å². The van der Waals surface area contributed by atoms with E-state index in [0.717, 1.165) is 31.0 Å². The summed E-state index contributed by atoms with van der Waals surface area (Å²) in [4.78, 5) is 4.65. The second-order valence-electron chi connectivity index (χ2n) is 5.14. The summed E-state index contributed by atoms with van der Waals surface area (Å²) in [6.45, 7) is 4.20. The van der Waals surface area contributed by atoms with Crippen LogP contribution in [0.2, 0.25) is 0 Å². The molecule has 0 unspecified atom stereocenters. The summed E-state index contributed by atoms with van der Waals surface area (Å²) in [5.41, 5.74) is 2.23. The van der Waals surface area contributed by atoms with Gasteiger partial charge in [0, 0.05) is 19.7 Å². The van der Waals surface area contributed by atoms with Crippen LogP contribution < -0.4 is 5.32 Å². The van der Waals surface area contributed by atoms with Crippen molar-refractivity contribution in [2.75, 3.05) is 18.5 Å². The topological polar surface area (TPSA) is 50.1 Å². The van der Waals surface area contributed by atoms with Gasteiger partial charge in [-0.25, -0.2) is 4.98 Å². The summed E-state index contributed by atoms with van der Waals surface area (Å²) in [6, 6.07) is 8.26. The minimum Gasteiger partial charge on any atom is -0.396 e. The van der Waals surface area contributed by atoms with Gasteiger partial charge in [-0.15, -0.1) is 0 Å². The van der Waals surface area contributed by atoms with Gasteiger partial charge >= 0.3 is 0 Å². The van der Waals surface area contributed by atoms with Gasteiger partial charge in [0.15, 0.2) is 0 Å². The minimum absolute atomic E-state index is 0.212. The molecule has 0 saturated carbocycles. The fourth-order valence-corrected chi connectivity index (χ4v) is 2.41. The Balaban J connectivity index is 2.11. The highest BCUT2D eigenvalue weighted by Crippen LogP contribution is 2.20. The minimum atomic E-state index is 0.212. The monoisotopic (exact) mass is 275 g/mol. The number of unbranched alkanes of at least 4 members (excludes halogenated alkanes) is 3. The molecule has 4 heteroatoms. The van der Waals surface area contributed by atoms with Crippen molar-refractivity contribution in [3.63, 3.8) is 0 Å². The quantitative estimate of drug-likeness (QED) is 0.689. The van der Waals surface area contributed by atoms with Crippen LogP contribution in [0.5, 0.6) is 0 Å². The lowest BCUT2D eigenvalue weighted by atomic mass is 10.2. The normalized spacial score (nSPS) is 11.1. The Kier molecular flexibility index (Phi) is 5.87. The summed E-state index contributed by atoms with van der Waals surface area (Å²) < 4.78 is 2.27. The summed E-state index contributed by atoms with van der Waals surface area (Å²) in [5.74, 6) is 0.927. The number of benzene rings is 1. The number of hydrogen-bond acceptors (Lipinski definition) is 3. The molecule has 0 amide bonds. The zero-order valence-corrected chi connectivity index (χ0v) is 12.3. The van der Waals surface area contributed by atoms with E-state index in [0.29, 0.717) is 0 Å². The molecule has 20 heavy (non-hydrogen) atoms. The van der Waals surface area contributed by atoms with Gasteiger partial charge in [0.2, 0.25) is 5.95 Å². The van der Waals surface area contributed by atoms with Crippen LogP contribution in [0, 0.1) is 0 Å². The van der Waals surface area contributed by atoms with E-state index in [1.54, 1.807) is 0 Å². The number of aromatic nitrogens is 2. The van der Waals surface area contributed by atoms with Gasteiger partial charge in [-0.05, 0) is 25.0 Å². The lowest BCUT2D eigenvalue weighted by Gasteiger charge is -2.10. The Hall–Kier alpha value is -1.55. The Labute approximate surface area is 120 Å². The molecule has 0 aliphatic rings. The van der Waals surface area contributed by atoms with Crippen molar-refractivity contribution in [1.29, 1.82) is 0 Å². The molecular weight excluding hydrogens is 250 g/mol. The fourth-order valence-electron chi connectivity index (χ4n) is 2.41. The smallest absolute Gasteiger partial charge is 0.203 e. The zero-order valence-electron chi connectivity index (χ0n) is 12.3. The van der Waals surface area contributed by atoms with E-state index in [4.69, 9.17) is 5.11 Å². The second kappa shape index (κ2) is 7.90. The van der Waals surface area contributed by atoms with Crippen molar-refractivity contribution >= 4 is 17.0 Å². The van der Waals surface area contributed by atoms with Crippen LogP contribution in [0.4, 0.5) is 5.95 Å². The van der Waals surface area contributed by atoms with Crippen molar-refractivity contribution in [2.24, 2.45) is 0 Å². The molecule has 2 rings (SSSR count). The van der Waals surface area contributed by atoms with Gasteiger partial charge in [-0.3, -0.25) is 0 Å². The van der Waals surface area contributed by atoms with E-state index < -0.39 is 0 Å². The number of aliphatic hydroxyl groups is 1. The molecule has 4 nitrogen and oxygen atoms in total. The zero-order chi connectivity index (χ0) is 14.2. The molecule has 0 atom stereocenters. The summed E-state index contributed by atoms with van der Waals surface area (Å²) in [5, 5.41) is 12.2. The molecule has 1 aromatic carbocycles. The fraction of sp³-hybridized carbons (Fsp3) is 0.562. The molecule has 0 fully saturated rings. The molecule has 0 aliphatic carbocycles. The van der Waals surface area contributed by atoms with Crippen molar-refractivity contribution in [1.82, 2.24) is 9.55 Å². The molecule has 0 saturated heterocycles.